The molecular weight excluding hydrogens is 2320 g/mol. The third-order valence-corrected chi connectivity index (χ3v) is 52.8. The normalized spacial score (nSPS) is 25.9. The van der Waals surface area contributed by atoms with Crippen LogP contribution in [-0.2, 0) is 104 Å². The first kappa shape index (κ1) is 166. The number of hydrogen-bond donors (Lipinski definition) is 0. The summed E-state index contributed by atoms with van der Waals surface area (Å²) in [5.74, 6) is 10.8. The van der Waals surface area contributed by atoms with E-state index in [0.29, 0.717) is 29.2 Å². The number of hydrogen-bond acceptors (Lipinski definition) is 4. The van der Waals surface area contributed by atoms with Crippen LogP contribution in [0.3, 0.4) is 0 Å². The fourth-order valence-corrected chi connectivity index (χ4v) is 50.0. The van der Waals surface area contributed by atoms with Gasteiger partial charge in [0.2, 0.25) is 0 Å². The second kappa shape index (κ2) is 82.6. The summed E-state index contributed by atoms with van der Waals surface area (Å²) >= 11 is -2.78. The van der Waals surface area contributed by atoms with Gasteiger partial charge in [-0.25, -0.2) is 0 Å². The van der Waals surface area contributed by atoms with Crippen LogP contribution in [0.1, 0.15) is 389 Å². The summed E-state index contributed by atoms with van der Waals surface area (Å²) < 4.78 is 23.5. The Kier molecular flexibility index (Phi) is 91.3. The van der Waals surface area contributed by atoms with E-state index < -0.39 is 126 Å². The molecule has 5 fully saturated rings. The SMILES string of the molecule is CC(C)(C)[N-][Si](C)(C)C1CC(CCCCCCOC(C)(C)C)C2C=CC=CC21.CC(C)(C)[N-][Si](C)(CCCCCCOC(C)(C)C)C1C2C=CC=CC2C2C=CC=CC21.CC(C)(C)[N-][Si](C)(CCCCCCOC(C)(C)C)C1CCC2C=CC=CC21.CC1C(C)C(C)C([Si](C)(CCCCCCOC(C)(C)C)[N-]C(C)(C)C)C1C.CCCCC1CCC([Si](C)(C)[N-]C(C)(C)C)C1.[CH3-].[CH3-].[CH3-].[CH3-].[CH3-].[Cl][Ti][Cl].[Cl][Ti][Cl].[Cl][Ti][Cl].[Cl][Ti][Cl].[Cl][Ti][Cl]. The van der Waals surface area contributed by atoms with Gasteiger partial charge in [-0.2, -0.15) is 0 Å². The minimum atomic E-state index is -1.84. The molecule has 0 saturated heterocycles. The van der Waals surface area contributed by atoms with Gasteiger partial charge in [-0.3, -0.25) is 0 Å². The second-order valence-electron chi connectivity index (χ2n) is 54.3. The van der Waals surface area contributed by atoms with Crippen LogP contribution in [0.15, 0.2) is 97.2 Å². The molecule has 9 nitrogen and oxygen atoms in total. The zero-order valence-electron chi connectivity index (χ0n) is 105. The zero-order valence-corrected chi connectivity index (χ0v) is 125. The van der Waals surface area contributed by atoms with Crippen molar-refractivity contribution in [1.82, 2.24) is 0 Å². The molecule has 0 N–H and O–H groups in total. The summed E-state index contributed by atoms with van der Waals surface area (Å²) in [4.78, 5) is 27.3. The molecule has 9 rings (SSSR count). The molecule has 0 aliphatic heterocycles. The molecule has 886 valence electrons. The van der Waals surface area contributed by atoms with Crippen molar-refractivity contribution in [3.05, 3.63) is 159 Å². The van der Waals surface area contributed by atoms with Crippen molar-refractivity contribution in [2.75, 3.05) is 26.4 Å². The van der Waals surface area contributed by atoms with Crippen LogP contribution in [0, 0.1) is 120 Å². The third-order valence-electron chi connectivity index (χ3n) is 30.7. The van der Waals surface area contributed by atoms with Crippen LogP contribution >= 0.6 is 93.0 Å². The topological polar surface area (TPSA) is 107 Å². The molecule has 5 saturated carbocycles. The zero-order chi connectivity index (χ0) is 112. The molecule has 29 heteroatoms. The maximum absolute atomic E-state index is 5.90. The van der Waals surface area contributed by atoms with E-state index >= 15 is 0 Å². The monoisotopic (exact) mass is 2550 g/mol. The van der Waals surface area contributed by atoms with E-state index in [1.807, 2.05) is 0 Å². The second-order valence-corrected chi connectivity index (χ2v) is 88.2. The summed E-state index contributed by atoms with van der Waals surface area (Å²) in [5.41, 5.74) is 4.57. The number of fused-ring (bicyclic) bond motifs is 5. The summed E-state index contributed by atoms with van der Waals surface area (Å²) in [5, 5.41) is 0. The predicted octanol–water partition coefficient (Wildman–Crippen LogP) is 46.6. The third kappa shape index (κ3) is 71.8. The van der Waals surface area contributed by atoms with Crippen molar-refractivity contribution in [2.24, 2.45) is 82.9 Å². The number of rotatable bonds is 41. The predicted molar refractivity (Wildman–Crippen MR) is 682 cm³/mol. The number of unbranched alkanes of at least 4 members (excludes halogenated alkanes) is 13. The van der Waals surface area contributed by atoms with Gasteiger partial charge in [0.05, 0.1) is 22.4 Å². The van der Waals surface area contributed by atoms with Gasteiger partial charge in [-0.1, -0.05) is 497 Å². The molecule has 0 bridgehead atoms. The number of ether oxygens (including phenoxy) is 4. The molecule has 0 aromatic heterocycles. The number of allylic oxidation sites excluding steroid dienone is 16. The Balaban J connectivity index is -0.000000417. The van der Waals surface area contributed by atoms with Crippen molar-refractivity contribution in [3.8, 4) is 0 Å². The molecule has 0 amide bonds. The first-order valence-electron chi connectivity index (χ1n) is 56.4. The minimum absolute atomic E-state index is 0. The summed E-state index contributed by atoms with van der Waals surface area (Å²) in [6.07, 6.45) is 72.9. The van der Waals surface area contributed by atoms with E-state index in [1.165, 1.54) is 185 Å². The molecule has 0 heterocycles. The van der Waals surface area contributed by atoms with Gasteiger partial charge in [0.25, 0.3) is 0 Å². The van der Waals surface area contributed by atoms with E-state index in [-0.39, 0.29) is 87.2 Å². The molecule has 0 spiro atoms. The Morgan fingerprint density at radius 3 is 0.900 bits per heavy atom. The first-order chi connectivity index (χ1) is 66.9. The van der Waals surface area contributed by atoms with Crippen molar-refractivity contribution in [3.63, 3.8) is 0 Å². The fourth-order valence-electron chi connectivity index (χ4n) is 25.8. The van der Waals surface area contributed by atoms with Crippen LogP contribution in [0.25, 0.3) is 24.9 Å². The van der Waals surface area contributed by atoms with Gasteiger partial charge in [0.1, 0.15) is 0 Å². The van der Waals surface area contributed by atoms with E-state index in [9.17, 15) is 0 Å². The van der Waals surface area contributed by atoms with Crippen molar-refractivity contribution in [2.45, 2.75) is 530 Å². The van der Waals surface area contributed by atoms with Gasteiger partial charge in [-0.15, -0.1) is 27.7 Å². The van der Waals surface area contributed by atoms with Crippen LogP contribution in [0.4, 0.5) is 0 Å². The summed E-state index contributed by atoms with van der Waals surface area (Å²) in [6, 6.07) is 4.04. The molecule has 20 atom stereocenters. The van der Waals surface area contributed by atoms with E-state index in [0.717, 1.165) is 108 Å². The van der Waals surface area contributed by atoms with E-state index in [1.54, 1.807) is 0 Å². The first-order valence-corrected chi connectivity index (χ1v) is 92.1. The average Bonchev–Trinajstić information content (AvgIpc) is 1.58. The molecule has 0 radical (unpaired) electrons. The van der Waals surface area contributed by atoms with Crippen LogP contribution in [-0.4, -0.2) is 118 Å². The average molecular weight is 2560 g/mol. The molecule has 20 unspecified atom stereocenters. The Hall–Kier alpha value is 5.12. The van der Waals surface area contributed by atoms with E-state index in [2.05, 4.69) is 365 Å². The van der Waals surface area contributed by atoms with Crippen molar-refractivity contribution < 1.29 is 104 Å². The Bertz CT molecular complexity index is 3560. The Morgan fingerprint density at radius 1 is 0.273 bits per heavy atom. The fraction of sp³-hybridized carbons (Fsp3) is 0.826. The number of nitrogens with zero attached hydrogens (tertiary/aromatic N) is 5. The van der Waals surface area contributed by atoms with Crippen LogP contribution < -0.4 is 0 Å². The number of halogens is 10. The van der Waals surface area contributed by atoms with Crippen LogP contribution in [0.5, 0.6) is 0 Å². The summed E-state index contributed by atoms with van der Waals surface area (Å²) in [7, 11) is 40.8. The summed E-state index contributed by atoms with van der Waals surface area (Å²) in [6.45, 7) is 93.6. The molecular formula is C121H233Cl10N5O4Si5Ti5-10. The van der Waals surface area contributed by atoms with Gasteiger partial charge >= 0.3 is 178 Å². The Morgan fingerprint density at radius 2 is 0.560 bits per heavy atom. The molecule has 0 aromatic carbocycles. The van der Waals surface area contributed by atoms with Crippen molar-refractivity contribution in [1.29, 1.82) is 0 Å². The van der Waals surface area contributed by atoms with E-state index in [4.69, 9.17) is 137 Å². The maximum atomic E-state index is 5.90. The van der Waals surface area contributed by atoms with Gasteiger partial charge in [-0.05, 0) is 204 Å². The van der Waals surface area contributed by atoms with Crippen molar-refractivity contribution >= 4 is 134 Å². The molecule has 9 aliphatic rings. The molecule has 0 aromatic rings. The standard InChI is InChI=1S/C28H46NOSi.C25H46NOSi.C24H44NOSi.C24H50NOSi.C15H32NSi.5CH3.10ClH.5Ti/c1-27(2,3)29-31(7,21-15-9-8-14-20-30-28(4,5)6)26-24-18-12-10-16-22(24)23-17-11-13-19-25(23)26;1-24(2,3)26-28(7,8)23-19-20(21-16-12-13-17-22(21)23)15-11-9-10-14-18-27-25(4,5)6;1-23(2,3)25-27(7,19-13-9-8-12-18-26-24(4,5)6)22-17-16-20-14-10-11-15-21(20)22;1-18-19(2)21(4)22(20(18)3)27(11,25-23(5,6)7)17-15-13-12-14-16-26-24(8,9)10;1-7-8-9-13-10-11-14(12-13)17(5,6)16-15(2,3)4;;;;;;;;;;;;;;;;;;;;/h10-13,16-19,22-26H,8-9,14-15,20-21H2,1-7H3;12-13,16-17,20-23H,9-11,14-15,18-19H2,1-8H3;10-11,14-15,20-22H,8-9,12-13,16-19H2,1-7H3;18-22H,12-17H2,1-11H3;13-14H,7-12H2,1-6H3;5*1H3;10*1H;;;;;/q10*-1;;;;;;;;;;;5*+2/p-10. The van der Waals surface area contributed by atoms with Gasteiger partial charge < -0.3 is 81.0 Å². The Labute approximate surface area is 1020 Å². The van der Waals surface area contributed by atoms with Gasteiger partial charge in [0.15, 0.2) is 0 Å². The molecule has 9 aliphatic carbocycles. The van der Waals surface area contributed by atoms with Crippen LogP contribution in [0.2, 0.25) is 91.7 Å². The molecule has 150 heavy (non-hydrogen) atoms. The quantitative estimate of drug-likeness (QED) is 0.0345. The van der Waals surface area contributed by atoms with Gasteiger partial charge in [0, 0.05) is 26.4 Å².